The molecule has 2 aromatic carbocycles. The molecule has 0 fully saturated rings. The van der Waals surface area contributed by atoms with Crippen molar-refractivity contribution in [3.8, 4) is 0 Å². The van der Waals surface area contributed by atoms with Crippen molar-refractivity contribution in [2.45, 2.75) is 13.5 Å². The number of benzene rings is 2. The van der Waals surface area contributed by atoms with Crippen LogP contribution in [0.3, 0.4) is 0 Å². The minimum Gasteiger partial charge on any atom is -0.456 e. The van der Waals surface area contributed by atoms with Crippen LogP contribution in [0.5, 0.6) is 0 Å². The highest BCUT2D eigenvalue weighted by Gasteiger charge is 2.24. The molecule has 0 saturated carbocycles. The van der Waals surface area contributed by atoms with Crippen LogP contribution in [0.25, 0.3) is 11.6 Å². The molecule has 2 heterocycles. The topological polar surface area (TPSA) is 33.5 Å². The fourth-order valence-corrected chi connectivity index (χ4v) is 3.30. The minimum atomic E-state index is 0.373. The van der Waals surface area contributed by atoms with Gasteiger partial charge in [0.25, 0.3) is 0 Å². The Morgan fingerprint density at radius 3 is 2.68 bits per heavy atom. The van der Waals surface area contributed by atoms with Gasteiger partial charge in [-0.2, -0.15) is 0 Å². The Kier molecular flexibility index (Phi) is 3.98. The maximum atomic E-state index is 10.8. The highest BCUT2D eigenvalue weighted by atomic mass is 16.3. The zero-order valence-corrected chi connectivity index (χ0v) is 14.1. The third-order valence-corrected chi connectivity index (χ3v) is 4.49. The molecule has 0 bridgehead atoms. The fourth-order valence-electron chi connectivity index (χ4n) is 3.30. The summed E-state index contributed by atoms with van der Waals surface area (Å²) < 4.78 is 5.56. The van der Waals surface area contributed by atoms with Gasteiger partial charge in [-0.15, -0.1) is 0 Å². The summed E-state index contributed by atoms with van der Waals surface area (Å²) >= 11 is 0. The van der Waals surface area contributed by atoms with Gasteiger partial charge in [0.2, 0.25) is 0 Å². The quantitative estimate of drug-likeness (QED) is 0.634. The van der Waals surface area contributed by atoms with Crippen LogP contribution in [0.2, 0.25) is 0 Å². The van der Waals surface area contributed by atoms with Gasteiger partial charge in [0, 0.05) is 17.8 Å². The lowest BCUT2D eigenvalue weighted by Gasteiger charge is -2.17. The van der Waals surface area contributed by atoms with E-state index in [1.807, 2.05) is 12.1 Å². The van der Waals surface area contributed by atoms with E-state index in [1.54, 1.807) is 6.07 Å². The number of aldehydes is 1. The number of furan rings is 1. The van der Waals surface area contributed by atoms with Crippen molar-refractivity contribution < 1.29 is 9.21 Å². The highest BCUT2D eigenvalue weighted by molar-refractivity contribution is 5.93. The molecular formula is C22H19NO2. The van der Waals surface area contributed by atoms with Gasteiger partial charge in [0.1, 0.15) is 5.76 Å². The summed E-state index contributed by atoms with van der Waals surface area (Å²) in [7, 11) is 0. The lowest BCUT2D eigenvalue weighted by molar-refractivity contribution is 0.109. The average molecular weight is 329 g/mol. The van der Waals surface area contributed by atoms with E-state index in [4.69, 9.17) is 4.42 Å². The molecule has 1 aliphatic rings. The van der Waals surface area contributed by atoms with Gasteiger partial charge in [0.15, 0.2) is 12.0 Å². The predicted molar refractivity (Wildman–Crippen MR) is 101 cm³/mol. The van der Waals surface area contributed by atoms with Crippen LogP contribution in [-0.4, -0.2) is 12.8 Å². The van der Waals surface area contributed by atoms with E-state index in [1.165, 1.54) is 28.0 Å². The van der Waals surface area contributed by atoms with E-state index in [2.05, 4.69) is 60.4 Å². The Morgan fingerprint density at radius 2 is 1.92 bits per heavy atom. The number of aryl methyl sites for hydroxylation is 1. The molecule has 1 aliphatic heterocycles. The van der Waals surface area contributed by atoms with Crippen molar-refractivity contribution in [2.24, 2.45) is 0 Å². The van der Waals surface area contributed by atoms with Crippen molar-refractivity contribution in [3.05, 3.63) is 88.9 Å². The standard InChI is InChI=1S/C22H19NO2/c1-16-7-10-22-21(11-16)18(12-17-5-3-2-4-6-17)13-23(22)14-19-8-9-20(15-24)25-19/h2-12,15H,13-14H2,1H3/b18-12-. The molecule has 0 amide bonds. The van der Waals surface area contributed by atoms with Crippen LogP contribution in [0.1, 0.15) is 33.0 Å². The number of carbonyl (C=O) groups excluding carboxylic acids is 1. The average Bonchev–Trinajstić information content (AvgIpc) is 3.21. The van der Waals surface area contributed by atoms with Crippen LogP contribution < -0.4 is 4.90 Å². The first kappa shape index (κ1) is 15.5. The summed E-state index contributed by atoms with van der Waals surface area (Å²) in [6.07, 6.45) is 2.99. The van der Waals surface area contributed by atoms with Crippen LogP contribution >= 0.6 is 0 Å². The molecule has 0 spiro atoms. The largest absolute Gasteiger partial charge is 0.456 e. The van der Waals surface area contributed by atoms with Crippen molar-refractivity contribution in [3.63, 3.8) is 0 Å². The SMILES string of the molecule is Cc1ccc2c(c1)/C(=C\c1ccccc1)CN2Cc1ccc(C=O)o1. The summed E-state index contributed by atoms with van der Waals surface area (Å²) in [5, 5.41) is 0. The van der Waals surface area contributed by atoms with Crippen LogP contribution in [0.4, 0.5) is 5.69 Å². The summed E-state index contributed by atoms with van der Waals surface area (Å²) in [6, 6.07) is 20.5. The second-order valence-electron chi connectivity index (χ2n) is 6.38. The predicted octanol–water partition coefficient (Wildman–Crippen LogP) is 4.96. The Morgan fingerprint density at radius 1 is 1.08 bits per heavy atom. The Hall–Kier alpha value is -3.07. The number of carbonyl (C=O) groups is 1. The number of rotatable bonds is 4. The number of hydrogen-bond donors (Lipinski definition) is 0. The molecule has 0 aliphatic carbocycles. The van der Waals surface area contributed by atoms with Gasteiger partial charge in [-0.25, -0.2) is 0 Å². The number of anilines is 1. The van der Waals surface area contributed by atoms with Gasteiger partial charge in [-0.1, -0.05) is 42.0 Å². The number of fused-ring (bicyclic) bond motifs is 1. The van der Waals surface area contributed by atoms with Gasteiger partial charge < -0.3 is 9.32 Å². The molecule has 0 saturated heterocycles. The lowest BCUT2D eigenvalue weighted by Crippen LogP contribution is -2.19. The second-order valence-corrected chi connectivity index (χ2v) is 6.38. The van der Waals surface area contributed by atoms with E-state index < -0.39 is 0 Å². The molecule has 3 heteroatoms. The molecule has 4 rings (SSSR count). The first-order chi connectivity index (χ1) is 12.2. The molecule has 25 heavy (non-hydrogen) atoms. The molecule has 124 valence electrons. The van der Waals surface area contributed by atoms with Crippen molar-refractivity contribution >= 4 is 23.6 Å². The second kappa shape index (κ2) is 6.44. The van der Waals surface area contributed by atoms with E-state index in [0.717, 1.165) is 18.6 Å². The van der Waals surface area contributed by atoms with Crippen molar-refractivity contribution in [1.29, 1.82) is 0 Å². The van der Waals surface area contributed by atoms with Crippen LogP contribution in [0, 0.1) is 6.92 Å². The highest BCUT2D eigenvalue weighted by Crippen LogP contribution is 2.38. The zero-order chi connectivity index (χ0) is 17.2. The van der Waals surface area contributed by atoms with E-state index in [0.29, 0.717) is 12.3 Å². The van der Waals surface area contributed by atoms with Gasteiger partial charge in [-0.3, -0.25) is 4.79 Å². The van der Waals surface area contributed by atoms with Gasteiger partial charge in [-0.05, 0) is 48.4 Å². The molecule has 0 unspecified atom stereocenters. The first-order valence-corrected chi connectivity index (χ1v) is 8.38. The van der Waals surface area contributed by atoms with Gasteiger partial charge >= 0.3 is 0 Å². The lowest BCUT2D eigenvalue weighted by atomic mass is 10.0. The van der Waals surface area contributed by atoms with Crippen LogP contribution in [-0.2, 0) is 6.54 Å². The molecule has 3 nitrogen and oxygen atoms in total. The maximum absolute atomic E-state index is 10.8. The number of hydrogen-bond acceptors (Lipinski definition) is 3. The minimum absolute atomic E-state index is 0.373. The smallest absolute Gasteiger partial charge is 0.185 e. The molecule has 1 aromatic heterocycles. The maximum Gasteiger partial charge on any atom is 0.185 e. The summed E-state index contributed by atoms with van der Waals surface area (Å²) in [4.78, 5) is 13.1. The summed E-state index contributed by atoms with van der Waals surface area (Å²) in [6.45, 7) is 3.59. The fraction of sp³-hybridized carbons (Fsp3) is 0.136. The van der Waals surface area contributed by atoms with E-state index in [-0.39, 0.29) is 0 Å². The third-order valence-electron chi connectivity index (χ3n) is 4.49. The van der Waals surface area contributed by atoms with Crippen LogP contribution in [0.15, 0.2) is 65.1 Å². The van der Waals surface area contributed by atoms with Crippen molar-refractivity contribution in [2.75, 3.05) is 11.4 Å². The summed E-state index contributed by atoms with van der Waals surface area (Å²) in [5.74, 6) is 1.17. The van der Waals surface area contributed by atoms with Crippen molar-refractivity contribution in [1.82, 2.24) is 0 Å². The number of nitrogens with zero attached hydrogens (tertiary/aromatic N) is 1. The first-order valence-electron chi connectivity index (χ1n) is 8.38. The normalized spacial score (nSPS) is 14.8. The molecular weight excluding hydrogens is 310 g/mol. The van der Waals surface area contributed by atoms with Gasteiger partial charge in [0.05, 0.1) is 6.54 Å². The molecule has 0 atom stereocenters. The molecule has 0 N–H and O–H groups in total. The molecule has 0 radical (unpaired) electrons. The Bertz CT molecular complexity index is 938. The monoisotopic (exact) mass is 329 g/mol. The Balaban J connectivity index is 1.69. The summed E-state index contributed by atoms with van der Waals surface area (Å²) in [5.41, 5.74) is 6.23. The zero-order valence-electron chi connectivity index (χ0n) is 14.1. The van der Waals surface area contributed by atoms with E-state index >= 15 is 0 Å². The molecule has 3 aromatic rings. The third kappa shape index (κ3) is 3.13. The van der Waals surface area contributed by atoms with E-state index in [9.17, 15) is 4.79 Å². The Labute approximate surface area is 147 Å².